The maximum absolute atomic E-state index is 14.2. The van der Waals surface area contributed by atoms with Crippen molar-refractivity contribution in [3.05, 3.63) is 59.3 Å². The van der Waals surface area contributed by atoms with Gasteiger partial charge in [0.05, 0.1) is 17.1 Å². The van der Waals surface area contributed by atoms with Crippen molar-refractivity contribution in [1.82, 2.24) is 24.9 Å². The lowest BCUT2D eigenvalue weighted by Gasteiger charge is -2.41. The summed E-state index contributed by atoms with van der Waals surface area (Å²) in [5.74, 6) is 0.618. The Bertz CT molecular complexity index is 1470. The fourth-order valence-corrected chi connectivity index (χ4v) is 7.54. The molecule has 1 unspecified atom stereocenters. The van der Waals surface area contributed by atoms with Crippen molar-refractivity contribution in [3.63, 3.8) is 0 Å². The Morgan fingerprint density at radius 2 is 1.85 bits per heavy atom. The van der Waals surface area contributed by atoms with Crippen LogP contribution < -0.4 is 5.32 Å². The Morgan fingerprint density at radius 3 is 2.65 bits per heavy atom. The molecule has 1 saturated carbocycles. The number of anilines is 1. The molecule has 7 rings (SSSR count). The zero-order valence-electron chi connectivity index (χ0n) is 23.9. The average Bonchev–Trinajstić information content (AvgIpc) is 3.48. The Labute approximate surface area is 236 Å². The number of carbonyl (C=O) groups excluding carboxylic acids is 2. The van der Waals surface area contributed by atoms with Crippen molar-refractivity contribution in [2.45, 2.75) is 71.5 Å². The molecule has 3 aliphatic heterocycles. The first kappa shape index (κ1) is 25.6. The van der Waals surface area contributed by atoms with Crippen molar-refractivity contribution < 1.29 is 9.59 Å². The molecule has 2 fully saturated rings. The molecule has 1 aromatic heterocycles. The summed E-state index contributed by atoms with van der Waals surface area (Å²) in [6.45, 7) is 11.6. The van der Waals surface area contributed by atoms with Crippen LogP contribution in [0.25, 0.3) is 10.9 Å². The van der Waals surface area contributed by atoms with E-state index in [4.69, 9.17) is 0 Å². The van der Waals surface area contributed by atoms with Crippen LogP contribution in [0.15, 0.2) is 42.6 Å². The first-order valence-electron chi connectivity index (χ1n) is 14.8. The number of piperidine rings is 1. The predicted octanol–water partition coefficient (Wildman–Crippen LogP) is 5.33. The number of rotatable bonds is 5. The second kappa shape index (κ2) is 9.33. The number of benzene rings is 2. The van der Waals surface area contributed by atoms with Crippen LogP contribution in [0.4, 0.5) is 10.5 Å². The second-order valence-corrected chi connectivity index (χ2v) is 13.6. The molecule has 3 amide bonds. The number of aromatic amines is 1. The van der Waals surface area contributed by atoms with E-state index in [1.54, 1.807) is 0 Å². The Morgan fingerprint density at radius 1 is 1.05 bits per heavy atom. The number of H-pyrrole nitrogens is 1. The lowest BCUT2D eigenvalue weighted by molar-refractivity contribution is -0.139. The number of likely N-dealkylation sites (tertiary alicyclic amines) is 1. The summed E-state index contributed by atoms with van der Waals surface area (Å²) in [7, 11) is 0. The highest BCUT2D eigenvalue weighted by molar-refractivity contribution is 5.93. The number of urea groups is 1. The molecule has 3 aromatic rings. The Balaban J connectivity index is 1.05. The van der Waals surface area contributed by atoms with Crippen molar-refractivity contribution in [2.24, 2.45) is 10.8 Å². The molecule has 210 valence electrons. The quantitative estimate of drug-likeness (QED) is 0.458. The smallest absolute Gasteiger partial charge is 0.322 e. The Kier molecular flexibility index (Phi) is 5.97. The Hall–Kier alpha value is -3.39. The lowest BCUT2D eigenvalue weighted by Crippen LogP contribution is -2.50. The van der Waals surface area contributed by atoms with Crippen LogP contribution in [0.2, 0.25) is 0 Å². The minimum absolute atomic E-state index is 0.0187. The van der Waals surface area contributed by atoms with Crippen LogP contribution >= 0.6 is 0 Å². The maximum atomic E-state index is 14.2. The molecule has 2 N–H and O–H groups in total. The number of aromatic nitrogens is 2. The molecule has 1 aliphatic carbocycles. The van der Waals surface area contributed by atoms with E-state index < -0.39 is 0 Å². The van der Waals surface area contributed by atoms with Gasteiger partial charge in [0.2, 0.25) is 5.91 Å². The van der Waals surface area contributed by atoms with Crippen LogP contribution in [0.3, 0.4) is 0 Å². The summed E-state index contributed by atoms with van der Waals surface area (Å²) < 4.78 is 0. The highest BCUT2D eigenvalue weighted by Crippen LogP contribution is 2.65. The number of nitrogens with one attached hydrogen (secondary N) is 2. The number of hydrogen-bond acceptors (Lipinski definition) is 4. The van der Waals surface area contributed by atoms with Gasteiger partial charge in [0.25, 0.3) is 0 Å². The highest BCUT2D eigenvalue weighted by Gasteiger charge is 2.63. The van der Waals surface area contributed by atoms with E-state index in [1.165, 1.54) is 16.7 Å². The van der Waals surface area contributed by atoms with Crippen LogP contribution in [-0.2, 0) is 17.9 Å². The van der Waals surface area contributed by atoms with Gasteiger partial charge in [0, 0.05) is 49.8 Å². The van der Waals surface area contributed by atoms with Gasteiger partial charge < -0.3 is 20.0 Å². The first-order valence-corrected chi connectivity index (χ1v) is 14.8. The van der Waals surface area contributed by atoms with Crippen LogP contribution in [0.1, 0.15) is 69.1 Å². The number of nitrogens with zero attached hydrogens (tertiary/aromatic N) is 4. The third-order valence-corrected chi connectivity index (χ3v) is 9.68. The molecule has 2 aromatic carbocycles. The van der Waals surface area contributed by atoms with Crippen LogP contribution in [0.5, 0.6) is 0 Å². The van der Waals surface area contributed by atoms with E-state index in [2.05, 4.69) is 64.3 Å². The summed E-state index contributed by atoms with van der Waals surface area (Å²) >= 11 is 0. The highest BCUT2D eigenvalue weighted by atomic mass is 16.2. The molecule has 0 spiro atoms. The third-order valence-electron chi connectivity index (χ3n) is 9.68. The van der Waals surface area contributed by atoms with Gasteiger partial charge in [-0.1, -0.05) is 45.0 Å². The summed E-state index contributed by atoms with van der Waals surface area (Å²) in [6, 6.07) is 12.7. The van der Waals surface area contributed by atoms with Crippen molar-refractivity contribution in [3.8, 4) is 0 Å². The fourth-order valence-electron chi connectivity index (χ4n) is 7.54. The molecule has 2 atom stereocenters. The molecule has 8 heteroatoms. The van der Waals surface area contributed by atoms with Gasteiger partial charge in [-0.15, -0.1) is 0 Å². The third kappa shape index (κ3) is 4.37. The molecule has 0 radical (unpaired) electrons. The van der Waals surface area contributed by atoms with E-state index in [9.17, 15) is 9.59 Å². The molecule has 8 nitrogen and oxygen atoms in total. The normalized spacial score (nSPS) is 25.3. The summed E-state index contributed by atoms with van der Waals surface area (Å²) in [5, 5.41) is 11.6. The SMILES string of the molecule is CC(C)(C)CN1Cc2c(ccc3[nH]ncc23)[C@H]2CC2(CCN2CCC(N3Cc4ccccc4NC3=O)CC2)C1=O. The zero-order valence-corrected chi connectivity index (χ0v) is 23.9. The average molecular weight is 541 g/mol. The molecule has 4 heterocycles. The minimum atomic E-state index is -0.304. The molecular formula is C32H40N6O2. The van der Waals surface area contributed by atoms with E-state index in [-0.39, 0.29) is 28.8 Å². The summed E-state index contributed by atoms with van der Waals surface area (Å²) in [6.07, 6.45) is 5.69. The van der Waals surface area contributed by atoms with Gasteiger partial charge in [-0.25, -0.2) is 4.79 Å². The number of carbonyl (C=O) groups is 2. The van der Waals surface area contributed by atoms with E-state index in [1.807, 2.05) is 29.3 Å². The van der Waals surface area contributed by atoms with Crippen LogP contribution in [0, 0.1) is 10.8 Å². The number of fused-ring (bicyclic) bond motifs is 6. The van der Waals surface area contributed by atoms with Gasteiger partial charge in [0.1, 0.15) is 0 Å². The molecule has 4 aliphatic rings. The summed E-state index contributed by atoms with van der Waals surface area (Å²) in [5.41, 5.74) is 5.50. The number of amides is 3. The topological polar surface area (TPSA) is 84.6 Å². The fraction of sp³-hybridized carbons (Fsp3) is 0.531. The molecular weight excluding hydrogens is 500 g/mol. The predicted molar refractivity (Wildman–Crippen MR) is 156 cm³/mol. The van der Waals surface area contributed by atoms with Gasteiger partial charge in [-0.2, -0.15) is 5.10 Å². The largest absolute Gasteiger partial charge is 0.337 e. The molecule has 1 saturated heterocycles. The second-order valence-electron chi connectivity index (χ2n) is 13.6. The van der Waals surface area contributed by atoms with Crippen LogP contribution in [-0.4, -0.2) is 69.1 Å². The first-order chi connectivity index (χ1) is 19.2. The van der Waals surface area contributed by atoms with Gasteiger partial charge in [-0.3, -0.25) is 9.89 Å². The molecule has 40 heavy (non-hydrogen) atoms. The lowest BCUT2D eigenvalue weighted by atomic mass is 9.91. The molecule has 0 bridgehead atoms. The zero-order chi connectivity index (χ0) is 27.6. The van der Waals surface area contributed by atoms with Gasteiger partial charge >= 0.3 is 6.03 Å². The van der Waals surface area contributed by atoms with E-state index in [0.717, 1.165) is 68.5 Å². The number of para-hydroxylation sites is 1. The number of hydrogen-bond donors (Lipinski definition) is 2. The maximum Gasteiger partial charge on any atom is 0.322 e. The van der Waals surface area contributed by atoms with E-state index in [0.29, 0.717) is 19.0 Å². The monoisotopic (exact) mass is 540 g/mol. The van der Waals surface area contributed by atoms with Gasteiger partial charge in [-0.05, 0) is 72.4 Å². The van der Waals surface area contributed by atoms with Gasteiger partial charge in [0.15, 0.2) is 0 Å². The minimum Gasteiger partial charge on any atom is -0.337 e. The van der Waals surface area contributed by atoms with Crippen molar-refractivity contribution in [1.29, 1.82) is 0 Å². The summed E-state index contributed by atoms with van der Waals surface area (Å²) in [4.78, 5) is 33.7. The van der Waals surface area contributed by atoms with E-state index >= 15 is 0 Å². The van der Waals surface area contributed by atoms with Crippen molar-refractivity contribution >= 4 is 28.5 Å². The standard InChI is InChI=1S/C32H40N6O2/c1-31(2,3)20-37-19-25-23(8-9-28-24(25)17-33-35-28)26-16-32(26,29(37)39)12-15-36-13-10-22(11-14-36)38-18-21-6-4-5-7-27(21)34-30(38)40/h4-9,17,22,26H,10-16,18-20H2,1-3H3,(H,33,35)(H,34,40)/t26-,32?/m1/s1. The van der Waals surface area contributed by atoms with Crippen molar-refractivity contribution in [2.75, 3.05) is 31.5 Å².